The molecular formula is C15H23N3O2. The Bertz CT molecular complexity index is 613. The van der Waals surface area contributed by atoms with Crippen LogP contribution in [0, 0.1) is 0 Å². The predicted molar refractivity (Wildman–Crippen MR) is 79.0 cm³/mol. The topological polar surface area (TPSA) is 71.8 Å². The largest absolute Gasteiger partial charge is 0.335 e. The molecule has 110 valence electrons. The molecule has 0 saturated heterocycles. The molecular weight excluding hydrogens is 254 g/mol. The van der Waals surface area contributed by atoms with Crippen molar-refractivity contribution in [3.05, 3.63) is 21.9 Å². The molecule has 0 atom stereocenters. The van der Waals surface area contributed by atoms with Crippen molar-refractivity contribution in [1.29, 1.82) is 0 Å². The molecule has 0 aliphatic carbocycles. The number of aryl methyl sites for hydroxylation is 1. The van der Waals surface area contributed by atoms with Crippen LogP contribution in [0.2, 0.25) is 0 Å². The van der Waals surface area contributed by atoms with Crippen LogP contribution in [0.3, 0.4) is 0 Å². The molecule has 0 aromatic carbocycles. The van der Waals surface area contributed by atoms with E-state index in [2.05, 4.69) is 22.0 Å². The summed E-state index contributed by atoms with van der Waals surface area (Å²) in [5.74, 6) is 0.851. The summed E-state index contributed by atoms with van der Waals surface area (Å²) in [5, 5.41) is 4.46. The van der Waals surface area contributed by atoms with Gasteiger partial charge in [0.15, 0.2) is 0 Å². The Labute approximate surface area is 118 Å². The molecule has 2 aromatic rings. The third kappa shape index (κ3) is 3.26. The number of rotatable bonds is 7. The maximum absolute atomic E-state index is 12.1. The molecule has 0 radical (unpaired) electrons. The number of aromatic amines is 1. The Morgan fingerprint density at radius 3 is 2.65 bits per heavy atom. The molecule has 0 amide bonds. The number of aromatic nitrogens is 3. The second-order valence-corrected chi connectivity index (χ2v) is 5.58. The lowest BCUT2D eigenvalue weighted by Gasteiger charge is -2.01. The number of hydrogen-bond acceptors (Lipinski definition) is 4. The fourth-order valence-corrected chi connectivity index (χ4v) is 2.34. The van der Waals surface area contributed by atoms with Crippen molar-refractivity contribution in [3.63, 3.8) is 0 Å². The van der Waals surface area contributed by atoms with E-state index in [1.165, 1.54) is 25.7 Å². The predicted octanol–water partition coefficient (Wildman–Crippen LogP) is 3.55. The number of H-pyrrole nitrogens is 1. The van der Waals surface area contributed by atoms with E-state index in [1.807, 2.05) is 13.8 Å². The zero-order chi connectivity index (χ0) is 14.5. The summed E-state index contributed by atoms with van der Waals surface area (Å²) in [7, 11) is 0. The van der Waals surface area contributed by atoms with Crippen molar-refractivity contribution in [2.45, 2.75) is 65.2 Å². The van der Waals surface area contributed by atoms with Crippen LogP contribution in [0.25, 0.3) is 11.1 Å². The van der Waals surface area contributed by atoms with Gasteiger partial charge in [-0.05, 0) is 12.3 Å². The van der Waals surface area contributed by atoms with Gasteiger partial charge in [0.2, 0.25) is 0 Å². The van der Waals surface area contributed by atoms with Gasteiger partial charge < -0.3 is 9.51 Å². The van der Waals surface area contributed by atoms with E-state index in [0.29, 0.717) is 22.6 Å². The van der Waals surface area contributed by atoms with Crippen molar-refractivity contribution in [1.82, 2.24) is 15.1 Å². The van der Waals surface area contributed by atoms with Gasteiger partial charge in [-0.2, -0.15) is 4.98 Å². The van der Waals surface area contributed by atoms with Crippen LogP contribution in [-0.2, 0) is 6.42 Å². The molecule has 20 heavy (non-hydrogen) atoms. The maximum Gasteiger partial charge on any atom is 0.265 e. The van der Waals surface area contributed by atoms with E-state index in [9.17, 15) is 4.79 Å². The Morgan fingerprint density at radius 2 is 1.95 bits per heavy atom. The molecule has 0 spiro atoms. The standard InChI is InChI=1S/C15H23N3O2/c1-4-5-6-7-8-9-11-16-14(19)12-13(10(2)3)18-20-15(12)17-11/h10H,4-9H2,1-3H3,(H,16,17,19). The van der Waals surface area contributed by atoms with Gasteiger partial charge in [-0.25, -0.2) is 0 Å². The lowest BCUT2D eigenvalue weighted by atomic mass is 10.1. The highest BCUT2D eigenvalue weighted by Gasteiger charge is 2.17. The lowest BCUT2D eigenvalue weighted by molar-refractivity contribution is 0.433. The molecule has 0 bridgehead atoms. The van der Waals surface area contributed by atoms with E-state index >= 15 is 0 Å². The van der Waals surface area contributed by atoms with Gasteiger partial charge in [0.05, 0.1) is 0 Å². The smallest absolute Gasteiger partial charge is 0.265 e. The van der Waals surface area contributed by atoms with Crippen molar-refractivity contribution >= 4 is 11.1 Å². The monoisotopic (exact) mass is 277 g/mol. The first-order valence-corrected chi connectivity index (χ1v) is 7.52. The first kappa shape index (κ1) is 14.8. The van der Waals surface area contributed by atoms with Crippen LogP contribution < -0.4 is 5.56 Å². The number of fused-ring (bicyclic) bond motifs is 1. The Balaban J connectivity index is 2.11. The van der Waals surface area contributed by atoms with Crippen molar-refractivity contribution in [3.8, 4) is 0 Å². The first-order chi connectivity index (χ1) is 9.63. The minimum absolute atomic E-state index is 0.136. The summed E-state index contributed by atoms with van der Waals surface area (Å²) in [6, 6.07) is 0. The number of unbranched alkanes of at least 4 members (excludes halogenated alkanes) is 4. The second kappa shape index (κ2) is 6.68. The average Bonchev–Trinajstić information content (AvgIpc) is 2.83. The van der Waals surface area contributed by atoms with E-state index in [0.717, 1.165) is 12.8 Å². The highest BCUT2D eigenvalue weighted by atomic mass is 16.5. The molecule has 2 aromatic heterocycles. The Hall–Kier alpha value is -1.65. The normalized spacial score (nSPS) is 11.6. The van der Waals surface area contributed by atoms with Gasteiger partial charge in [-0.3, -0.25) is 4.79 Å². The highest BCUT2D eigenvalue weighted by Crippen LogP contribution is 2.20. The fourth-order valence-electron chi connectivity index (χ4n) is 2.34. The molecule has 0 aliphatic heterocycles. The van der Waals surface area contributed by atoms with Crippen LogP contribution in [0.15, 0.2) is 9.32 Å². The number of nitrogens with one attached hydrogen (secondary N) is 1. The summed E-state index contributed by atoms with van der Waals surface area (Å²) >= 11 is 0. The third-order valence-corrected chi connectivity index (χ3v) is 3.49. The summed E-state index contributed by atoms with van der Waals surface area (Å²) in [6.45, 7) is 6.17. The Morgan fingerprint density at radius 1 is 1.20 bits per heavy atom. The summed E-state index contributed by atoms with van der Waals surface area (Å²) in [4.78, 5) is 19.4. The van der Waals surface area contributed by atoms with Crippen LogP contribution >= 0.6 is 0 Å². The van der Waals surface area contributed by atoms with Crippen molar-refractivity contribution in [2.24, 2.45) is 0 Å². The van der Waals surface area contributed by atoms with Gasteiger partial charge in [0.1, 0.15) is 16.9 Å². The van der Waals surface area contributed by atoms with E-state index in [-0.39, 0.29) is 11.5 Å². The van der Waals surface area contributed by atoms with E-state index in [1.54, 1.807) is 0 Å². The molecule has 1 N–H and O–H groups in total. The molecule has 2 heterocycles. The third-order valence-electron chi connectivity index (χ3n) is 3.49. The Kier molecular flexibility index (Phi) is 4.93. The molecule has 0 saturated carbocycles. The van der Waals surface area contributed by atoms with Crippen LogP contribution in [0.5, 0.6) is 0 Å². The second-order valence-electron chi connectivity index (χ2n) is 5.58. The molecule has 5 heteroatoms. The minimum atomic E-state index is -0.136. The van der Waals surface area contributed by atoms with E-state index in [4.69, 9.17) is 4.52 Å². The molecule has 0 aliphatic rings. The summed E-state index contributed by atoms with van der Waals surface area (Å²) < 4.78 is 5.20. The van der Waals surface area contributed by atoms with Crippen LogP contribution in [0.4, 0.5) is 0 Å². The van der Waals surface area contributed by atoms with Gasteiger partial charge in [-0.15, -0.1) is 0 Å². The average molecular weight is 277 g/mol. The SMILES string of the molecule is CCCCCCCc1nc2onc(C(C)C)c2c(=O)[nH]1. The van der Waals surface area contributed by atoms with Crippen LogP contribution in [-0.4, -0.2) is 15.1 Å². The summed E-state index contributed by atoms with van der Waals surface area (Å²) in [5.41, 5.74) is 0.910. The van der Waals surface area contributed by atoms with Gasteiger partial charge >= 0.3 is 0 Å². The van der Waals surface area contributed by atoms with Gasteiger partial charge in [-0.1, -0.05) is 51.6 Å². The maximum atomic E-state index is 12.1. The van der Waals surface area contributed by atoms with Gasteiger partial charge in [0, 0.05) is 6.42 Å². The van der Waals surface area contributed by atoms with Gasteiger partial charge in [0.25, 0.3) is 11.3 Å². The molecule has 0 unspecified atom stereocenters. The highest BCUT2D eigenvalue weighted by molar-refractivity contribution is 5.75. The fraction of sp³-hybridized carbons (Fsp3) is 0.667. The lowest BCUT2D eigenvalue weighted by Crippen LogP contribution is -2.12. The zero-order valence-electron chi connectivity index (χ0n) is 12.5. The van der Waals surface area contributed by atoms with Crippen molar-refractivity contribution in [2.75, 3.05) is 0 Å². The number of nitrogens with zero attached hydrogens (tertiary/aromatic N) is 2. The van der Waals surface area contributed by atoms with Crippen LogP contribution in [0.1, 0.15) is 70.3 Å². The first-order valence-electron chi connectivity index (χ1n) is 7.52. The molecule has 2 rings (SSSR count). The summed E-state index contributed by atoms with van der Waals surface area (Å²) in [6.07, 6.45) is 6.73. The quantitative estimate of drug-likeness (QED) is 0.786. The molecule has 0 fully saturated rings. The number of hydrogen-bond donors (Lipinski definition) is 1. The molecule has 5 nitrogen and oxygen atoms in total. The van der Waals surface area contributed by atoms with E-state index < -0.39 is 0 Å². The van der Waals surface area contributed by atoms with Crippen molar-refractivity contribution < 1.29 is 4.52 Å². The minimum Gasteiger partial charge on any atom is -0.335 e. The zero-order valence-corrected chi connectivity index (χ0v) is 12.5.